The maximum atomic E-state index is 12.5. The third-order valence-electron chi connectivity index (χ3n) is 4.65. The Morgan fingerprint density at radius 3 is 2.84 bits per heavy atom. The highest BCUT2D eigenvalue weighted by atomic mass is 31.2. The molecule has 3 unspecified atom stereocenters. The van der Waals surface area contributed by atoms with Crippen LogP contribution in [0.1, 0.15) is 17.5 Å². The molecule has 134 valence electrons. The summed E-state index contributed by atoms with van der Waals surface area (Å²) in [6.07, 6.45) is 7.20. The van der Waals surface area contributed by atoms with Gasteiger partial charge in [-0.1, -0.05) is 54.1 Å². The number of hydrogen-bond acceptors (Lipinski definition) is 5. The van der Waals surface area contributed by atoms with Crippen LogP contribution in [-0.4, -0.2) is 38.8 Å². The molecule has 0 bridgehead atoms. The van der Waals surface area contributed by atoms with Gasteiger partial charge in [0, 0.05) is 5.92 Å². The van der Waals surface area contributed by atoms with Crippen LogP contribution in [0.5, 0.6) is 0 Å². The zero-order valence-corrected chi connectivity index (χ0v) is 14.6. The van der Waals surface area contributed by atoms with E-state index in [9.17, 15) is 9.90 Å². The Balaban J connectivity index is 2.02. The normalized spacial score (nSPS) is 28.7. The first kappa shape index (κ1) is 18.0. The zero-order valence-electron chi connectivity index (χ0n) is 13.7. The molecule has 1 fully saturated rings. The topological polar surface area (TPSA) is 102 Å². The second-order valence-corrected chi connectivity index (χ2v) is 6.94. The van der Waals surface area contributed by atoms with Gasteiger partial charge < -0.3 is 20.2 Å². The fraction of sp³-hybridized carbons (Fsp3) is 0.353. The van der Waals surface area contributed by atoms with E-state index in [1.165, 1.54) is 0 Å². The minimum atomic E-state index is -2.62. The molecule has 2 amide bonds. The van der Waals surface area contributed by atoms with Gasteiger partial charge in [-0.25, -0.2) is 4.79 Å². The molecule has 1 aliphatic carbocycles. The molecule has 2 aliphatic rings. The molecule has 8 heteroatoms. The van der Waals surface area contributed by atoms with Crippen LogP contribution in [0.3, 0.4) is 0 Å². The van der Waals surface area contributed by atoms with Crippen LogP contribution < -0.4 is 5.32 Å². The van der Waals surface area contributed by atoms with E-state index in [1.54, 1.807) is 0 Å². The predicted molar refractivity (Wildman–Crippen MR) is 92.9 cm³/mol. The van der Waals surface area contributed by atoms with Crippen LogP contribution in [0.2, 0.25) is 0 Å². The van der Waals surface area contributed by atoms with Gasteiger partial charge in [0.1, 0.15) is 12.3 Å². The summed E-state index contributed by atoms with van der Waals surface area (Å²) >= 11 is 0. The first-order chi connectivity index (χ1) is 11.9. The third-order valence-corrected chi connectivity index (χ3v) is 5.00. The monoisotopic (exact) mass is 364 g/mol. The molecule has 25 heavy (non-hydrogen) atoms. The lowest BCUT2D eigenvalue weighted by Gasteiger charge is -2.39. The first-order valence-corrected chi connectivity index (χ1v) is 9.10. The van der Waals surface area contributed by atoms with Crippen molar-refractivity contribution in [2.45, 2.75) is 25.1 Å². The number of rotatable bonds is 5. The summed E-state index contributed by atoms with van der Waals surface area (Å²) in [5.74, 6) is -0.159. The van der Waals surface area contributed by atoms with Crippen LogP contribution in [0.25, 0.3) is 0 Å². The molecule has 1 saturated heterocycles. The van der Waals surface area contributed by atoms with Crippen LogP contribution in [0.15, 0.2) is 48.6 Å². The Morgan fingerprint density at radius 1 is 1.40 bits per heavy atom. The SMILES string of the molecule is Cc1cccc(C2(C3C=CC=CC3)NC(=O)N(COP(O)O)C2O)c1. The Hall–Kier alpha value is -1.76. The molecule has 0 saturated carbocycles. The summed E-state index contributed by atoms with van der Waals surface area (Å²) in [4.78, 5) is 31.5. The minimum Gasteiger partial charge on any atom is -0.370 e. The molecule has 4 N–H and O–H groups in total. The first-order valence-electron chi connectivity index (χ1n) is 7.93. The van der Waals surface area contributed by atoms with Gasteiger partial charge in [0.2, 0.25) is 0 Å². The van der Waals surface area contributed by atoms with E-state index in [1.807, 2.05) is 55.5 Å². The van der Waals surface area contributed by atoms with E-state index in [2.05, 4.69) is 5.32 Å². The lowest BCUT2D eigenvalue weighted by Crippen LogP contribution is -2.52. The standard InChI is InChI=1S/C17H21N2O5P/c1-12-6-5-9-14(10-12)17(13-7-3-2-4-8-13)15(20)19(16(21)18-17)11-24-25(22)23/h2-7,9-10,13,15,20,22-23H,8,11H2,1H3,(H,18,21). The van der Waals surface area contributed by atoms with Gasteiger partial charge in [-0.15, -0.1) is 0 Å². The van der Waals surface area contributed by atoms with Gasteiger partial charge in [0.25, 0.3) is 0 Å². The quantitative estimate of drug-likeness (QED) is 0.597. The average molecular weight is 364 g/mol. The summed E-state index contributed by atoms with van der Waals surface area (Å²) in [6.45, 7) is 1.54. The van der Waals surface area contributed by atoms with E-state index < -0.39 is 33.1 Å². The molecule has 3 rings (SSSR count). The number of carbonyl (C=O) groups excluding carboxylic acids is 1. The fourth-order valence-corrected chi connectivity index (χ4v) is 3.68. The molecule has 1 heterocycles. The maximum Gasteiger partial charge on any atom is 0.328 e. The fourth-order valence-electron chi connectivity index (χ4n) is 3.45. The van der Waals surface area contributed by atoms with Crippen molar-refractivity contribution in [1.82, 2.24) is 10.2 Å². The summed E-state index contributed by atoms with van der Waals surface area (Å²) in [5, 5.41) is 13.9. The lowest BCUT2D eigenvalue weighted by atomic mass is 9.74. The van der Waals surface area contributed by atoms with E-state index in [0.717, 1.165) is 16.0 Å². The van der Waals surface area contributed by atoms with Gasteiger partial charge in [0.05, 0.1) is 0 Å². The Morgan fingerprint density at radius 2 is 2.20 bits per heavy atom. The molecule has 0 radical (unpaired) electrons. The number of aryl methyl sites for hydroxylation is 1. The van der Waals surface area contributed by atoms with Crippen molar-refractivity contribution < 1.29 is 24.2 Å². The number of nitrogens with one attached hydrogen (secondary N) is 1. The Kier molecular flexibility index (Phi) is 5.22. The molecule has 1 aliphatic heterocycles. The highest BCUT2D eigenvalue weighted by Crippen LogP contribution is 2.43. The maximum absolute atomic E-state index is 12.5. The Labute approximate surface area is 147 Å². The number of allylic oxidation sites excluding steroid dienone is 3. The number of aliphatic hydroxyl groups is 1. The van der Waals surface area contributed by atoms with Crippen molar-refractivity contribution in [2.24, 2.45) is 5.92 Å². The summed E-state index contributed by atoms with van der Waals surface area (Å²) < 4.78 is 4.76. The minimum absolute atomic E-state index is 0.159. The smallest absolute Gasteiger partial charge is 0.328 e. The lowest BCUT2D eigenvalue weighted by molar-refractivity contribution is -0.0433. The summed E-state index contributed by atoms with van der Waals surface area (Å²) in [7, 11) is -2.62. The van der Waals surface area contributed by atoms with Crippen LogP contribution in [-0.2, 0) is 10.1 Å². The molecule has 0 spiro atoms. The largest absolute Gasteiger partial charge is 0.370 e. The van der Waals surface area contributed by atoms with Crippen molar-refractivity contribution in [3.63, 3.8) is 0 Å². The highest BCUT2D eigenvalue weighted by Gasteiger charge is 2.55. The number of nitrogens with zero attached hydrogens (tertiary/aromatic N) is 1. The number of hydrogen-bond donors (Lipinski definition) is 4. The van der Waals surface area contributed by atoms with Gasteiger partial charge in [-0.2, -0.15) is 0 Å². The summed E-state index contributed by atoms with van der Waals surface area (Å²) in [5.41, 5.74) is 0.746. The second kappa shape index (κ2) is 7.23. The van der Waals surface area contributed by atoms with E-state index in [-0.39, 0.29) is 5.92 Å². The van der Waals surface area contributed by atoms with Crippen LogP contribution in [0, 0.1) is 12.8 Å². The molecular weight excluding hydrogens is 343 g/mol. The van der Waals surface area contributed by atoms with E-state index >= 15 is 0 Å². The molecule has 7 nitrogen and oxygen atoms in total. The van der Waals surface area contributed by atoms with Crippen LogP contribution >= 0.6 is 8.60 Å². The molecule has 0 aromatic heterocycles. The van der Waals surface area contributed by atoms with Crippen molar-refractivity contribution in [2.75, 3.05) is 6.73 Å². The van der Waals surface area contributed by atoms with Crippen molar-refractivity contribution in [3.8, 4) is 0 Å². The average Bonchev–Trinajstić information content (AvgIpc) is 2.85. The van der Waals surface area contributed by atoms with Gasteiger partial charge in [-0.05, 0) is 18.9 Å². The van der Waals surface area contributed by atoms with Gasteiger partial charge in [0.15, 0.2) is 6.23 Å². The van der Waals surface area contributed by atoms with Gasteiger partial charge in [-0.3, -0.25) is 9.42 Å². The molecule has 1 aromatic carbocycles. The number of benzene rings is 1. The van der Waals surface area contributed by atoms with Crippen molar-refractivity contribution in [3.05, 3.63) is 59.7 Å². The molecule has 1 aromatic rings. The number of amides is 2. The predicted octanol–water partition coefficient (Wildman–Crippen LogP) is 1.85. The highest BCUT2D eigenvalue weighted by molar-refractivity contribution is 7.39. The zero-order chi connectivity index (χ0) is 18.0. The van der Waals surface area contributed by atoms with Gasteiger partial charge >= 0.3 is 14.6 Å². The summed E-state index contributed by atoms with van der Waals surface area (Å²) in [6, 6.07) is 7.12. The molecule has 3 atom stereocenters. The number of aliphatic hydroxyl groups excluding tert-OH is 1. The van der Waals surface area contributed by atoms with E-state index in [0.29, 0.717) is 6.42 Å². The van der Waals surface area contributed by atoms with Crippen molar-refractivity contribution in [1.29, 1.82) is 0 Å². The third kappa shape index (κ3) is 3.34. The van der Waals surface area contributed by atoms with Crippen LogP contribution in [0.4, 0.5) is 4.79 Å². The van der Waals surface area contributed by atoms with Crippen molar-refractivity contribution >= 4 is 14.6 Å². The number of carbonyl (C=O) groups is 1. The molecular formula is C17H21N2O5P. The second-order valence-electron chi connectivity index (χ2n) is 6.18. The Bertz CT molecular complexity index is 708. The van der Waals surface area contributed by atoms with E-state index in [4.69, 9.17) is 14.3 Å². The number of urea groups is 1.